The van der Waals surface area contributed by atoms with Gasteiger partial charge in [0.2, 0.25) is 11.8 Å². The third kappa shape index (κ3) is 3.77. The highest BCUT2D eigenvalue weighted by atomic mass is 16.2. The predicted octanol–water partition coefficient (Wildman–Crippen LogP) is 2.61. The van der Waals surface area contributed by atoms with E-state index in [2.05, 4.69) is 4.98 Å². The van der Waals surface area contributed by atoms with Crippen molar-refractivity contribution in [1.29, 1.82) is 0 Å². The number of piperidine rings is 2. The minimum atomic E-state index is 0.0811. The molecule has 1 atom stereocenters. The summed E-state index contributed by atoms with van der Waals surface area (Å²) in [5, 5.41) is 0. The molecule has 0 aliphatic carbocycles. The zero-order valence-electron chi connectivity index (χ0n) is 14.5. The lowest BCUT2D eigenvalue weighted by Crippen LogP contribution is -2.54. The first-order chi connectivity index (χ1) is 11.6. The van der Waals surface area contributed by atoms with Crippen molar-refractivity contribution in [2.24, 2.45) is 5.41 Å². The van der Waals surface area contributed by atoms with Crippen LogP contribution in [-0.2, 0) is 16.1 Å². The molecule has 130 valence electrons. The van der Waals surface area contributed by atoms with Crippen molar-refractivity contribution in [3.63, 3.8) is 0 Å². The minimum Gasteiger partial charge on any atom is -0.342 e. The number of rotatable bonds is 4. The van der Waals surface area contributed by atoms with Gasteiger partial charge in [0.05, 0.1) is 0 Å². The van der Waals surface area contributed by atoms with Crippen molar-refractivity contribution in [3.05, 3.63) is 30.1 Å². The molecule has 0 aromatic carbocycles. The average molecular weight is 329 g/mol. The molecule has 1 aromatic heterocycles. The Morgan fingerprint density at radius 1 is 1.33 bits per heavy atom. The van der Waals surface area contributed by atoms with Gasteiger partial charge in [-0.2, -0.15) is 0 Å². The summed E-state index contributed by atoms with van der Waals surface area (Å²) in [6, 6.07) is 3.92. The van der Waals surface area contributed by atoms with Crippen molar-refractivity contribution in [2.45, 2.75) is 52.0 Å². The summed E-state index contributed by atoms with van der Waals surface area (Å²) < 4.78 is 0. The number of carbonyl (C=O) groups excluding carboxylic acids is 2. The molecule has 2 saturated heterocycles. The van der Waals surface area contributed by atoms with E-state index in [9.17, 15) is 9.59 Å². The Morgan fingerprint density at radius 2 is 2.21 bits per heavy atom. The number of hydrogen-bond acceptors (Lipinski definition) is 3. The molecular formula is C19H27N3O2. The molecule has 2 amide bonds. The van der Waals surface area contributed by atoms with Gasteiger partial charge < -0.3 is 9.80 Å². The third-order valence-electron chi connectivity index (χ3n) is 5.32. The molecule has 0 bridgehead atoms. The Balaban J connectivity index is 1.69. The second kappa shape index (κ2) is 7.32. The van der Waals surface area contributed by atoms with Crippen LogP contribution in [0.15, 0.2) is 24.5 Å². The lowest BCUT2D eigenvalue weighted by atomic mass is 9.73. The van der Waals surface area contributed by atoms with E-state index in [-0.39, 0.29) is 17.2 Å². The van der Waals surface area contributed by atoms with Crippen LogP contribution < -0.4 is 0 Å². The Labute approximate surface area is 144 Å². The van der Waals surface area contributed by atoms with Crippen molar-refractivity contribution in [3.8, 4) is 0 Å². The van der Waals surface area contributed by atoms with Crippen molar-refractivity contribution in [2.75, 3.05) is 19.6 Å². The third-order valence-corrected chi connectivity index (χ3v) is 5.32. The van der Waals surface area contributed by atoms with Gasteiger partial charge in [-0.15, -0.1) is 0 Å². The average Bonchev–Trinajstić information content (AvgIpc) is 2.60. The molecule has 1 spiro atoms. The van der Waals surface area contributed by atoms with Crippen LogP contribution in [-0.4, -0.2) is 46.2 Å². The summed E-state index contributed by atoms with van der Waals surface area (Å²) in [6.07, 6.45) is 8.77. The number of hydrogen-bond donors (Lipinski definition) is 0. The van der Waals surface area contributed by atoms with Gasteiger partial charge in [0.15, 0.2) is 0 Å². The van der Waals surface area contributed by atoms with Gasteiger partial charge in [-0.3, -0.25) is 14.6 Å². The maximum atomic E-state index is 12.4. The summed E-state index contributed by atoms with van der Waals surface area (Å²) in [5.41, 5.74) is 1.15. The normalized spacial score (nSPS) is 24.5. The van der Waals surface area contributed by atoms with Crippen LogP contribution in [0.25, 0.3) is 0 Å². The van der Waals surface area contributed by atoms with Crippen LogP contribution in [0.4, 0.5) is 0 Å². The molecule has 0 N–H and O–H groups in total. The van der Waals surface area contributed by atoms with Crippen molar-refractivity contribution >= 4 is 11.8 Å². The number of pyridine rings is 1. The Bertz CT molecular complexity index is 590. The number of amides is 2. The molecule has 5 heteroatoms. The highest BCUT2D eigenvalue weighted by Gasteiger charge is 2.42. The lowest BCUT2D eigenvalue weighted by molar-refractivity contribution is -0.143. The van der Waals surface area contributed by atoms with Gasteiger partial charge in [-0.25, -0.2) is 0 Å². The van der Waals surface area contributed by atoms with Crippen LogP contribution in [0.3, 0.4) is 0 Å². The quantitative estimate of drug-likeness (QED) is 0.853. The number of likely N-dealkylation sites (tertiary alicyclic amines) is 2. The smallest absolute Gasteiger partial charge is 0.222 e. The van der Waals surface area contributed by atoms with Gasteiger partial charge in [0.1, 0.15) is 0 Å². The van der Waals surface area contributed by atoms with Gasteiger partial charge in [0.25, 0.3) is 0 Å². The number of carbonyl (C=O) groups is 2. The SMILES string of the molecule is CCCC(=O)N1CCC[C@]2(CCC(=O)N(Cc3cccnc3)C2)C1. The maximum Gasteiger partial charge on any atom is 0.222 e. The van der Waals surface area contributed by atoms with Gasteiger partial charge in [-0.1, -0.05) is 13.0 Å². The van der Waals surface area contributed by atoms with Crippen LogP contribution in [0.2, 0.25) is 0 Å². The Hall–Kier alpha value is -1.91. The Morgan fingerprint density at radius 3 is 2.96 bits per heavy atom. The summed E-state index contributed by atoms with van der Waals surface area (Å²) in [7, 11) is 0. The first kappa shape index (κ1) is 16.9. The van der Waals surface area contributed by atoms with E-state index >= 15 is 0 Å². The lowest BCUT2D eigenvalue weighted by Gasteiger charge is -2.48. The van der Waals surface area contributed by atoms with E-state index in [1.54, 1.807) is 6.20 Å². The van der Waals surface area contributed by atoms with Crippen molar-refractivity contribution < 1.29 is 9.59 Å². The number of aromatic nitrogens is 1. The summed E-state index contributed by atoms with van der Waals surface area (Å²) in [5.74, 6) is 0.494. The molecule has 0 unspecified atom stereocenters. The highest BCUT2D eigenvalue weighted by molar-refractivity contribution is 5.78. The topological polar surface area (TPSA) is 53.5 Å². The fourth-order valence-electron chi connectivity index (χ4n) is 4.08. The second-order valence-electron chi connectivity index (χ2n) is 7.28. The molecule has 2 aliphatic rings. The summed E-state index contributed by atoms with van der Waals surface area (Å²) in [4.78, 5) is 32.8. The van der Waals surface area contributed by atoms with Crippen molar-refractivity contribution in [1.82, 2.24) is 14.8 Å². The minimum absolute atomic E-state index is 0.0811. The largest absolute Gasteiger partial charge is 0.342 e. The van der Waals surface area contributed by atoms with E-state index in [1.165, 1.54) is 0 Å². The fraction of sp³-hybridized carbons (Fsp3) is 0.632. The molecular weight excluding hydrogens is 302 g/mol. The van der Waals surface area contributed by atoms with E-state index < -0.39 is 0 Å². The molecule has 3 heterocycles. The molecule has 0 radical (unpaired) electrons. The first-order valence-electron chi connectivity index (χ1n) is 9.06. The van der Waals surface area contributed by atoms with Crippen LogP contribution in [0.1, 0.15) is 51.0 Å². The predicted molar refractivity (Wildman–Crippen MR) is 92.0 cm³/mol. The summed E-state index contributed by atoms with van der Waals surface area (Å²) >= 11 is 0. The molecule has 24 heavy (non-hydrogen) atoms. The van der Waals surface area contributed by atoms with Crippen LogP contribution in [0, 0.1) is 5.41 Å². The molecule has 3 rings (SSSR count). The van der Waals surface area contributed by atoms with E-state index in [4.69, 9.17) is 0 Å². The molecule has 5 nitrogen and oxygen atoms in total. The van der Waals surface area contributed by atoms with Crippen LogP contribution >= 0.6 is 0 Å². The zero-order chi connectivity index (χ0) is 17.0. The van der Waals surface area contributed by atoms with E-state index in [0.29, 0.717) is 19.4 Å². The van der Waals surface area contributed by atoms with Gasteiger partial charge in [0, 0.05) is 56.8 Å². The highest BCUT2D eigenvalue weighted by Crippen LogP contribution is 2.39. The number of nitrogens with zero attached hydrogens (tertiary/aromatic N) is 3. The molecule has 1 aromatic rings. The maximum absolute atomic E-state index is 12.4. The van der Waals surface area contributed by atoms with Gasteiger partial charge >= 0.3 is 0 Å². The van der Waals surface area contributed by atoms with Gasteiger partial charge in [-0.05, 0) is 37.3 Å². The summed E-state index contributed by atoms with van der Waals surface area (Å²) in [6.45, 7) is 5.11. The monoisotopic (exact) mass is 329 g/mol. The van der Waals surface area contributed by atoms with E-state index in [1.807, 2.05) is 35.1 Å². The fourth-order valence-corrected chi connectivity index (χ4v) is 4.08. The Kier molecular flexibility index (Phi) is 5.17. The van der Waals surface area contributed by atoms with E-state index in [0.717, 1.165) is 50.9 Å². The zero-order valence-corrected chi connectivity index (χ0v) is 14.5. The second-order valence-corrected chi connectivity index (χ2v) is 7.28. The standard InChI is InChI=1S/C19H27N3O2/c1-2-5-17(23)21-11-4-8-19(14-21)9-7-18(24)22(15-19)13-16-6-3-10-20-12-16/h3,6,10,12H,2,4-5,7-9,11,13-15H2,1H3/t19-/m0/s1. The molecule has 2 aliphatic heterocycles. The molecule has 2 fully saturated rings. The van der Waals surface area contributed by atoms with Crippen LogP contribution in [0.5, 0.6) is 0 Å². The molecule has 0 saturated carbocycles. The first-order valence-corrected chi connectivity index (χ1v) is 9.06.